The maximum atomic E-state index is 12.6. The molecule has 1 heterocycles. The van der Waals surface area contributed by atoms with Crippen molar-refractivity contribution in [1.29, 1.82) is 0 Å². The molecule has 1 atom stereocenters. The van der Waals surface area contributed by atoms with Crippen molar-refractivity contribution < 1.29 is 14.3 Å². The molecule has 1 fully saturated rings. The number of likely N-dealkylation sites (tertiary alicyclic amines) is 1. The van der Waals surface area contributed by atoms with Gasteiger partial charge in [0.15, 0.2) is 0 Å². The zero-order chi connectivity index (χ0) is 20.6. The first-order chi connectivity index (χ1) is 13.3. The van der Waals surface area contributed by atoms with E-state index in [-0.39, 0.29) is 5.91 Å². The smallest absolute Gasteiger partial charge is 0.256 e. The summed E-state index contributed by atoms with van der Waals surface area (Å²) in [7, 11) is 1.59. The number of methoxy groups -OCH3 is 1. The predicted molar refractivity (Wildman–Crippen MR) is 115 cm³/mol. The molecule has 0 radical (unpaired) electrons. The molecule has 158 valence electrons. The van der Waals surface area contributed by atoms with Crippen LogP contribution in [0.5, 0.6) is 5.75 Å². The zero-order valence-corrected chi connectivity index (χ0v) is 18.3. The van der Waals surface area contributed by atoms with Crippen LogP contribution in [0, 0.1) is 11.8 Å². The van der Waals surface area contributed by atoms with Crippen molar-refractivity contribution in [1.82, 2.24) is 4.90 Å². The second-order valence-electron chi connectivity index (χ2n) is 8.74. The second kappa shape index (κ2) is 10.8. The van der Waals surface area contributed by atoms with Crippen LogP contribution in [-0.2, 0) is 9.53 Å². The van der Waals surface area contributed by atoms with E-state index in [1.54, 1.807) is 7.11 Å². The standard InChI is InChI=1S/C23H38N2O3/c1-18(2)17-23(4,27-5)22(26)24-20-7-9-21(10-8-20)28-16-6-13-25-14-11-19(3)12-15-25/h7-10,18-19H,6,11-17H2,1-5H3,(H,24,26)/t23-/m0/s1. The van der Waals surface area contributed by atoms with Gasteiger partial charge in [-0.05, 0) is 81.8 Å². The first kappa shape index (κ1) is 22.7. The molecule has 1 saturated heterocycles. The van der Waals surface area contributed by atoms with Gasteiger partial charge in [-0.15, -0.1) is 0 Å². The van der Waals surface area contributed by atoms with Crippen molar-refractivity contribution in [3.63, 3.8) is 0 Å². The molecule has 1 aromatic carbocycles. The summed E-state index contributed by atoms with van der Waals surface area (Å²) in [5, 5.41) is 2.95. The molecule has 1 amide bonds. The largest absolute Gasteiger partial charge is 0.494 e. The maximum Gasteiger partial charge on any atom is 0.256 e. The van der Waals surface area contributed by atoms with Gasteiger partial charge in [-0.1, -0.05) is 20.8 Å². The van der Waals surface area contributed by atoms with E-state index in [0.717, 1.165) is 30.3 Å². The Hall–Kier alpha value is -1.59. The van der Waals surface area contributed by atoms with Gasteiger partial charge in [0.25, 0.3) is 5.91 Å². The van der Waals surface area contributed by atoms with Crippen LogP contribution in [0.1, 0.15) is 53.4 Å². The Bertz CT molecular complexity index is 594. The fraction of sp³-hybridized carbons (Fsp3) is 0.696. The SMILES string of the molecule is CO[C@@](C)(CC(C)C)C(=O)Nc1ccc(OCCCN2CCC(C)CC2)cc1. The highest BCUT2D eigenvalue weighted by Gasteiger charge is 2.33. The van der Waals surface area contributed by atoms with Gasteiger partial charge in [0.1, 0.15) is 11.4 Å². The van der Waals surface area contributed by atoms with E-state index >= 15 is 0 Å². The molecular weight excluding hydrogens is 352 g/mol. The number of amides is 1. The van der Waals surface area contributed by atoms with Gasteiger partial charge < -0.3 is 19.7 Å². The Morgan fingerprint density at radius 1 is 1.25 bits per heavy atom. The fourth-order valence-electron chi connectivity index (χ4n) is 3.71. The number of ether oxygens (including phenoxy) is 2. The molecule has 0 unspecified atom stereocenters. The lowest BCUT2D eigenvalue weighted by Gasteiger charge is -2.30. The van der Waals surface area contributed by atoms with Crippen molar-refractivity contribution in [2.75, 3.05) is 38.7 Å². The number of piperidine rings is 1. The van der Waals surface area contributed by atoms with Crippen LogP contribution in [-0.4, -0.2) is 49.8 Å². The Balaban J connectivity index is 1.74. The zero-order valence-electron chi connectivity index (χ0n) is 18.3. The minimum absolute atomic E-state index is 0.117. The average Bonchev–Trinajstić information content (AvgIpc) is 2.67. The van der Waals surface area contributed by atoms with Crippen LogP contribution in [0.15, 0.2) is 24.3 Å². The van der Waals surface area contributed by atoms with E-state index in [0.29, 0.717) is 18.9 Å². The van der Waals surface area contributed by atoms with Crippen molar-refractivity contribution in [3.05, 3.63) is 24.3 Å². The van der Waals surface area contributed by atoms with Crippen LogP contribution in [0.2, 0.25) is 0 Å². The van der Waals surface area contributed by atoms with Crippen LogP contribution < -0.4 is 10.1 Å². The summed E-state index contributed by atoms with van der Waals surface area (Å²) < 4.78 is 11.3. The van der Waals surface area contributed by atoms with Crippen LogP contribution in [0.25, 0.3) is 0 Å². The number of nitrogens with zero attached hydrogens (tertiary/aromatic N) is 1. The number of carbonyl (C=O) groups is 1. The number of anilines is 1. The monoisotopic (exact) mass is 390 g/mol. The van der Waals surface area contributed by atoms with Gasteiger partial charge in [-0.3, -0.25) is 4.79 Å². The molecule has 1 N–H and O–H groups in total. The highest BCUT2D eigenvalue weighted by molar-refractivity contribution is 5.97. The minimum atomic E-state index is -0.824. The molecule has 0 aromatic heterocycles. The van der Waals surface area contributed by atoms with Crippen molar-refractivity contribution in [3.8, 4) is 5.75 Å². The normalized spacial score (nSPS) is 18.1. The van der Waals surface area contributed by atoms with Crippen molar-refractivity contribution in [2.24, 2.45) is 11.8 Å². The number of hydrogen-bond donors (Lipinski definition) is 1. The summed E-state index contributed by atoms with van der Waals surface area (Å²) in [6.07, 6.45) is 4.33. The summed E-state index contributed by atoms with van der Waals surface area (Å²) in [6.45, 7) is 12.6. The van der Waals surface area contributed by atoms with Gasteiger partial charge in [0, 0.05) is 19.3 Å². The van der Waals surface area contributed by atoms with E-state index in [1.165, 1.54) is 25.9 Å². The van der Waals surface area contributed by atoms with Crippen molar-refractivity contribution in [2.45, 2.75) is 59.0 Å². The summed E-state index contributed by atoms with van der Waals surface area (Å²) in [6, 6.07) is 7.57. The lowest BCUT2D eigenvalue weighted by molar-refractivity contribution is -0.137. The summed E-state index contributed by atoms with van der Waals surface area (Å²) in [4.78, 5) is 15.1. The number of rotatable bonds is 10. The molecule has 28 heavy (non-hydrogen) atoms. The molecular formula is C23H38N2O3. The van der Waals surface area contributed by atoms with E-state index in [1.807, 2.05) is 31.2 Å². The first-order valence-corrected chi connectivity index (χ1v) is 10.6. The number of hydrogen-bond acceptors (Lipinski definition) is 4. The Morgan fingerprint density at radius 3 is 2.46 bits per heavy atom. The van der Waals surface area contributed by atoms with E-state index in [4.69, 9.17) is 9.47 Å². The minimum Gasteiger partial charge on any atom is -0.494 e. The summed E-state index contributed by atoms with van der Waals surface area (Å²) in [5.74, 6) is 1.97. The van der Waals surface area contributed by atoms with Crippen molar-refractivity contribution >= 4 is 11.6 Å². The van der Waals surface area contributed by atoms with Gasteiger partial charge in [0.2, 0.25) is 0 Å². The van der Waals surface area contributed by atoms with Gasteiger partial charge in [-0.2, -0.15) is 0 Å². The Kier molecular flexibility index (Phi) is 8.77. The summed E-state index contributed by atoms with van der Waals surface area (Å²) in [5.41, 5.74) is -0.0675. The topological polar surface area (TPSA) is 50.8 Å². The second-order valence-corrected chi connectivity index (χ2v) is 8.74. The molecule has 1 aromatic rings. The molecule has 2 rings (SSSR count). The van der Waals surface area contributed by atoms with Gasteiger partial charge in [-0.25, -0.2) is 0 Å². The Labute approximate surface area is 170 Å². The molecule has 0 spiro atoms. The highest BCUT2D eigenvalue weighted by atomic mass is 16.5. The van der Waals surface area contributed by atoms with Crippen LogP contribution in [0.4, 0.5) is 5.69 Å². The predicted octanol–water partition coefficient (Wildman–Crippen LogP) is 4.58. The maximum absolute atomic E-state index is 12.6. The molecule has 0 saturated carbocycles. The molecule has 0 aliphatic carbocycles. The van der Waals surface area contributed by atoms with Crippen LogP contribution >= 0.6 is 0 Å². The molecule has 5 heteroatoms. The molecule has 1 aliphatic heterocycles. The van der Waals surface area contributed by atoms with Gasteiger partial charge in [0.05, 0.1) is 6.61 Å². The molecule has 1 aliphatic rings. The van der Waals surface area contributed by atoms with E-state index < -0.39 is 5.60 Å². The third-order valence-electron chi connectivity index (χ3n) is 5.60. The average molecular weight is 391 g/mol. The number of carbonyl (C=O) groups excluding carboxylic acids is 1. The van der Waals surface area contributed by atoms with E-state index in [2.05, 4.69) is 31.0 Å². The lowest BCUT2D eigenvalue weighted by Crippen LogP contribution is -2.43. The van der Waals surface area contributed by atoms with Gasteiger partial charge >= 0.3 is 0 Å². The van der Waals surface area contributed by atoms with Crippen LogP contribution in [0.3, 0.4) is 0 Å². The third kappa shape index (κ3) is 7.10. The number of nitrogens with one attached hydrogen (secondary N) is 1. The van der Waals surface area contributed by atoms with E-state index in [9.17, 15) is 4.79 Å². The quantitative estimate of drug-likeness (QED) is 0.594. The third-order valence-corrected chi connectivity index (χ3v) is 5.60. The fourth-order valence-corrected chi connectivity index (χ4v) is 3.71. The number of benzene rings is 1. The lowest BCUT2D eigenvalue weighted by atomic mass is 9.93. The highest BCUT2D eigenvalue weighted by Crippen LogP contribution is 2.23. The summed E-state index contributed by atoms with van der Waals surface area (Å²) >= 11 is 0. The Morgan fingerprint density at radius 2 is 1.89 bits per heavy atom. The molecule has 0 bridgehead atoms. The molecule has 5 nitrogen and oxygen atoms in total. The first-order valence-electron chi connectivity index (χ1n) is 10.6.